The van der Waals surface area contributed by atoms with Gasteiger partial charge >= 0.3 is 0 Å². The lowest BCUT2D eigenvalue weighted by atomic mass is 10.5. The molecule has 0 aliphatic rings. The van der Waals surface area contributed by atoms with Gasteiger partial charge in [0.25, 0.3) is 0 Å². The molecule has 0 bridgehead atoms. The summed E-state index contributed by atoms with van der Waals surface area (Å²) in [7, 11) is 0. The summed E-state index contributed by atoms with van der Waals surface area (Å²) in [5, 5.41) is 4.39. The van der Waals surface area contributed by atoms with E-state index < -0.39 is 0 Å². The van der Waals surface area contributed by atoms with Gasteiger partial charge in [0.15, 0.2) is 0 Å². The molecule has 4 heteroatoms. The van der Waals surface area contributed by atoms with Gasteiger partial charge in [-0.25, -0.2) is 4.98 Å². The Bertz CT molecular complexity index is 200. The Morgan fingerprint density at radius 3 is 2.82 bits per heavy atom. The molecule has 11 heavy (non-hydrogen) atoms. The van der Waals surface area contributed by atoms with Gasteiger partial charge in [0.1, 0.15) is 0 Å². The molecule has 0 radical (unpaired) electrons. The van der Waals surface area contributed by atoms with E-state index in [9.17, 15) is 0 Å². The zero-order valence-corrected chi connectivity index (χ0v) is 8.39. The highest BCUT2D eigenvalue weighted by atomic mass is 35.5. The first kappa shape index (κ1) is 10.9. The van der Waals surface area contributed by atoms with E-state index in [1.54, 1.807) is 11.3 Å². The van der Waals surface area contributed by atoms with Gasteiger partial charge in [0.2, 0.25) is 0 Å². The van der Waals surface area contributed by atoms with E-state index in [-0.39, 0.29) is 12.4 Å². The summed E-state index contributed by atoms with van der Waals surface area (Å²) in [6.45, 7) is 6.12. The Morgan fingerprint density at radius 1 is 1.64 bits per heavy atom. The highest BCUT2D eigenvalue weighted by Crippen LogP contribution is 2.10. The first-order valence-corrected chi connectivity index (χ1v) is 4.26. The van der Waals surface area contributed by atoms with E-state index in [2.05, 4.69) is 17.2 Å². The fourth-order valence-corrected chi connectivity index (χ4v) is 1.50. The molecular formula is C7H13ClN2S. The Hall–Kier alpha value is -0.120. The summed E-state index contributed by atoms with van der Waals surface area (Å²) in [6, 6.07) is 0. The fraction of sp³-hybridized carbons (Fsp3) is 0.571. The van der Waals surface area contributed by atoms with Crippen molar-refractivity contribution in [3.63, 3.8) is 0 Å². The molecule has 1 N–H and O–H groups in total. The number of halogens is 1. The van der Waals surface area contributed by atoms with Gasteiger partial charge in [0.05, 0.1) is 5.01 Å². The van der Waals surface area contributed by atoms with Crippen LogP contribution in [0.1, 0.15) is 16.8 Å². The van der Waals surface area contributed by atoms with Gasteiger partial charge in [-0.3, -0.25) is 0 Å². The minimum absolute atomic E-state index is 0. The predicted octanol–water partition coefficient (Wildman–Crippen LogP) is 1.98. The maximum atomic E-state index is 4.15. The van der Waals surface area contributed by atoms with Crippen molar-refractivity contribution in [1.82, 2.24) is 10.3 Å². The van der Waals surface area contributed by atoms with Crippen molar-refractivity contribution < 1.29 is 0 Å². The van der Waals surface area contributed by atoms with E-state index >= 15 is 0 Å². The number of nitrogens with one attached hydrogen (secondary N) is 1. The van der Waals surface area contributed by atoms with E-state index in [1.165, 1.54) is 4.88 Å². The molecule has 0 atom stereocenters. The predicted molar refractivity (Wildman–Crippen MR) is 51.5 cm³/mol. The molecule has 1 rings (SSSR count). The van der Waals surface area contributed by atoms with E-state index in [0.717, 1.165) is 18.1 Å². The second kappa shape index (κ2) is 5.52. The Morgan fingerprint density at radius 2 is 2.36 bits per heavy atom. The zero-order chi connectivity index (χ0) is 7.40. The first-order chi connectivity index (χ1) is 4.83. The molecule has 1 aromatic rings. The first-order valence-electron chi connectivity index (χ1n) is 3.45. The molecule has 64 valence electrons. The van der Waals surface area contributed by atoms with E-state index in [0.29, 0.717) is 0 Å². The molecule has 0 spiro atoms. The summed E-state index contributed by atoms with van der Waals surface area (Å²) in [5.41, 5.74) is 0. The van der Waals surface area contributed by atoms with Crippen LogP contribution < -0.4 is 5.32 Å². The average molecular weight is 193 g/mol. The third-order valence-corrected chi connectivity index (χ3v) is 2.13. The number of nitrogens with zero attached hydrogens (tertiary/aromatic N) is 1. The number of aromatic nitrogens is 1. The number of aryl methyl sites for hydroxylation is 1. The van der Waals surface area contributed by atoms with Crippen LogP contribution in [-0.4, -0.2) is 11.5 Å². The summed E-state index contributed by atoms with van der Waals surface area (Å²) in [4.78, 5) is 5.47. The van der Waals surface area contributed by atoms with Crippen molar-refractivity contribution in [2.75, 3.05) is 6.54 Å². The van der Waals surface area contributed by atoms with Crippen LogP contribution in [0, 0.1) is 6.92 Å². The summed E-state index contributed by atoms with van der Waals surface area (Å²) in [6.07, 6.45) is 1.93. The molecule has 0 aromatic carbocycles. The van der Waals surface area contributed by atoms with Crippen molar-refractivity contribution in [2.24, 2.45) is 0 Å². The van der Waals surface area contributed by atoms with Gasteiger partial charge < -0.3 is 5.32 Å². The van der Waals surface area contributed by atoms with Crippen LogP contribution in [0.2, 0.25) is 0 Å². The molecule has 0 fully saturated rings. The normalized spacial score (nSPS) is 9.27. The number of hydrogen-bond donors (Lipinski definition) is 1. The van der Waals surface area contributed by atoms with Crippen molar-refractivity contribution in [3.8, 4) is 0 Å². The summed E-state index contributed by atoms with van der Waals surface area (Å²) >= 11 is 1.75. The van der Waals surface area contributed by atoms with Crippen molar-refractivity contribution in [1.29, 1.82) is 0 Å². The van der Waals surface area contributed by atoms with Crippen LogP contribution in [0.15, 0.2) is 6.20 Å². The molecule has 0 unspecified atom stereocenters. The number of rotatable bonds is 3. The monoisotopic (exact) mass is 192 g/mol. The smallest absolute Gasteiger partial charge is 0.0897 e. The van der Waals surface area contributed by atoms with E-state index in [1.807, 2.05) is 13.1 Å². The Kier molecular flexibility index (Phi) is 5.46. The third-order valence-electron chi connectivity index (χ3n) is 1.22. The lowest BCUT2D eigenvalue weighted by Gasteiger charge is -1.94. The summed E-state index contributed by atoms with van der Waals surface area (Å²) < 4.78 is 0. The van der Waals surface area contributed by atoms with Gasteiger partial charge in [-0.05, 0) is 13.5 Å². The van der Waals surface area contributed by atoms with Gasteiger partial charge in [0, 0.05) is 17.6 Å². The Labute approximate surface area is 77.5 Å². The molecule has 0 saturated heterocycles. The average Bonchev–Trinajstić information content (AvgIpc) is 2.31. The SMILES string of the molecule is CCNCc1cnc(C)s1.Cl. The number of thiazole rings is 1. The number of hydrogen-bond acceptors (Lipinski definition) is 3. The van der Waals surface area contributed by atoms with Crippen LogP contribution in [-0.2, 0) is 6.54 Å². The largest absolute Gasteiger partial charge is 0.312 e. The Balaban J connectivity index is 0.000001000. The molecule has 1 heterocycles. The fourth-order valence-electron chi connectivity index (χ4n) is 0.735. The van der Waals surface area contributed by atoms with Crippen molar-refractivity contribution in [3.05, 3.63) is 16.1 Å². The minimum atomic E-state index is 0. The maximum Gasteiger partial charge on any atom is 0.0897 e. The molecule has 0 aliphatic carbocycles. The standard InChI is InChI=1S/C7H12N2S.ClH/c1-3-8-4-7-5-9-6(2)10-7;/h5,8H,3-4H2,1-2H3;1H. The van der Waals surface area contributed by atoms with Gasteiger partial charge in [-0.2, -0.15) is 0 Å². The van der Waals surface area contributed by atoms with Crippen LogP contribution in [0.4, 0.5) is 0 Å². The van der Waals surface area contributed by atoms with Crippen LogP contribution in [0.25, 0.3) is 0 Å². The maximum absolute atomic E-state index is 4.15. The second-order valence-corrected chi connectivity index (χ2v) is 3.45. The second-order valence-electron chi connectivity index (χ2n) is 2.13. The molecule has 0 aliphatic heterocycles. The lowest BCUT2D eigenvalue weighted by Crippen LogP contribution is -2.10. The molecule has 2 nitrogen and oxygen atoms in total. The summed E-state index contributed by atoms with van der Waals surface area (Å²) in [5.74, 6) is 0. The van der Waals surface area contributed by atoms with Crippen LogP contribution >= 0.6 is 23.7 Å². The van der Waals surface area contributed by atoms with Gasteiger partial charge in [-0.15, -0.1) is 23.7 Å². The topological polar surface area (TPSA) is 24.9 Å². The molecule has 0 amide bonds. The zero-order valence-electron chi connectivity index (χ0n) is 6.76. The molecule has 1 aromatic heterocycles. The van der Waals surface area contributed by atoms with Gasteiger partial charge in [-0.1, -0.05) is 6.92 Å². The molecular weight excluding hydrogens is 180 g/mol. The highest BCUT2D eigenvalue weighted by molar-refractivity contribution is 7.11. The third kappa shape index (κ3) is 3.70. The van der Waals surface area contributed by atoms with Crippen molar-refractivity contribution in [2.45, 2.75) is 20.4 Å². The lowest BCUT2D eigenvalue weighted by molar-refractivity contribution is 0.734. The highest BCUT2D eigenvalue weighted by Gasteiger charge is 1.94. The van der Waals surface area contributed by atoms with Crippen LogP contribution in [0.3, 0.4) is 0 Å². The minimum Gasteiger partial charge on any atom is -0.312 e. The van der Waals surface area contributed by atoms with E-state index in [4.69, 9.17) is 0 Å². The molecule has 0 saturated carbocycles. The van der Waals surface area contributed by atoms with Crippen molar-refractivity contribution >= 4 is 23.7 Å². The quantitative estimate of drug-likeness (QED) is 0.793. The van der Waals surface area contributed by atoms with Crippen LogP contribution in [0.5, 0.6) is 0 Å².